The number of amides is 2. The lowest BCUT2D eigenvalue weighted by atomic mass is 10.1. The third-order valence-electron chi connectivity index (χ3n) is 5.20. The molecule has 2 N–H and O–H groups in total. The number of benzene rings is 3. The van der Waals surface area contributed by atoms with Crippen LogP contribution in [0.5, 0.6) is 5.75 Å². The molecule has 3 rings (SSSR count). The summed E-state index contributed by atoms with van der Waals surface area (Å²) in [6.07, 6.45) is 0. The fourth-order valence-electron chi connectivity index (χ4n) is 3.35. The summed E-state index contributed by atoms with van der Waals surface area (Å²) in [6, 6.07) is 19.5. The van der Waals surface area contributed by atoms with Crippen molar-refractivity contribution in [2.24, 2.45) is 0 Å². The van der Waals surface area contributed by atoms with E-state index in [0.29, 0.717) is 35.7 Å². The zero-order chi connectivity index (χ0) is 24.7. The number of nitrogens with one attached hydrogen (secondary N) is 2. The van der Waals surface area contributed by atoms with Crippen LogP contribution in [0.15, 0.2) is 77.7 Å². The maximum atomic E-state index is 12.9. The van der Waals surface area contributed by atoms with Crippen molar-refractivity contribution in [2.45, 2.75) is 18.7 Å². The summed E-state index contributed by atoms with van der Waals surface area (Å²) in [7, 11) is -2.26. The first kappa shape index (κ1) is 24.9. The van der Waals surface area contributed by atoms with Gasteiger partial charge in [0.2, 0.25) is 10.0 Å². The number of nitrogens with zero attached hydrogens (tertiary/aromatic N) is 1. The number of ether oxygens (including phenoxy) is 1. The minimum absolute atomic E-state index is 0.0614. The van der Waals surface area contributed by atoms with Crippen molar-refractivity contribution in [1.29, 1.82) is 0 Å². The van der Waals surface area contributed by atoms with E-state index in [9.17, 15) is 18.0 Å². The Kier molecular flexibility index (Phi) is 8.04. The molecule has 178 valence electrons. The van der Waals surface area contributed by atoms with Crippen molar-refractivity contribution in [2.75, 3.05) is 30.8 Å². The van der Waals surface area contributed by atoms with Gasteiger partial charge in [0, 0.05) is 29.9 Å². The number of sulfonamides is 1. The second-order valence-corrected chi connectivity index (χ2v) is 9.24. The minimum atomic E-state index is -3.70. The van der Waals surface area contributed by atoms with Crippen LogP contribution < -0.4 is 15.4 Å². The van der Waals surface area contributed by atoms with Crippen molar-refractivity contribution < 1.29 is 22.7 Å². The standard InChI is InChI=1S/C25H27N3O5S/c1-4-28(5-2)34(31,32)21-15-16-23(33-3)22(17-21)27-25(30)19-11-13-20(14-12-19)26-24(29)18-9-7-6-8-10-18/h6-17H,4-5H2,1-3H3,(H,26,29)(H,27,30). The Labute approximate surface area is 199 Å². The lowest BCUT2D eigenvalue weighted by Crippen LogP contribution is -2.30. The fourth-order valence-corrected chi connectivity index (χ4v) is 4.83. The number of carbonyl (C=O) groups is 2. The Bertz CT molecular complexity index is 1260. The van der Waals surface area contributed by atoms with E-state index in [4.69, 9.17) is 4.74 Å². The number of anilines is 2. The summed E-state index contributed by atoms with van der Waals surface area (Å²) in [5.74, 6) is -0.371. The van der Waals surface area contributed by atoms with Crippen LogP contribution in [-0.4, -0.2) is 44.7 Å². The fraction of sp³-hybridized carbons (Fsp3) is 0.200. The number of hydrogen-bond donors (Lipinski definition) is 2. The molecule has 34 heavy (non-hydrogen) atoms. The van der Waals surface area contributed by atoms with Gasteiger partial charge in [-0.3, -0.25) is 9.59 Å². The van der Waals surface area contributed by atoms with E-state index in [1.807, 2.05) is 6.07 Å². The van der Waals surface area contributed by atoms with Gasteiger partial charge in [0.25, 0.3) is 11.8 Å². The largest absolute Gasteiger partial charge is 0.495 e. The Morgan fingerprint density at radius 1 is 0.824 bits per heavy atom. The van der Waals surface area contributed by atoms with Crippen molar-refractivity contribution in [3.05, 3.63) is 83.9 Å². The molecule has 3 aromatic carbocycles. The van der Waals surface area contributed by atoms with Gasteiger partial charge in [-0.25, -0.2) is 8.42 Å². The van der Waals surface area contributed by atoms with E-state index in [1.54, 1.807) is 62.4 Å². The highest BCUT2D eigenvalue weighted by Gasteiger charge is 2.23. The molecule has 2 amide bonds. The molecule has 0 aromatic heterocycles. The maximum Gasteiger partial charge on any atom is 0.255 e. The Morgan fingerprint density at radius 3 is 2.00 bits per heavy atom. The lowest BCUT2D eigenvalue weighted by Gasteiger charge is -2.19. The number of rotatable bonds is 9. The van der Waals surface area contributed by atoms with E-state index < -0.39 is 15.9 Å². The Morgan fingerprint density at radius 2 is 1.41 bits per heavy atom. The van der Waals surface area contributed by atoms with Gasteiger partial charge in [-0.15, -0.1) is 0 Å². The first-order valence-electron chi connectivity index (χ1n) is 10.8. The molecule has 0 aliphatic carbocycles. The molecule has 0 spiro atoms. The summed E-state index contributed by atoms with van der Waals surface area (Å²) >= 11 is 0. The summed E-state index contributed by atoms with van der Waals surface area (Å²) in [5, 5.41) is 5.49. The van der Waals surface area contributed by atoms with Gasteiger partial charge in [-0.1, -0.05) is 32.0 Å². The average molecular weight is 482 g/mol. The average Bonchev–Trinajstić information content (AvgIpc) is 2.85. The van der Waals surface area contributed by atoms with Crippen LogP contribution in [0.4, 0.5) is 11.4 Å². The van der Waals surface area contributed by atoms with Gasteiger partial charge in [-0.05, 0) is 54.6 Å². The van der Waals surface area contributed by atoms with E-state index in [-0.39, 0.29) is 16.5 Å². The van der Waals surface area contributed by atoms with Crippen LogP contribution in [0.25, 0.3) is 0 Å². The quantitative estimate of drug-likeness (QED) is 0.476. The highest BCUT2D eigenvalue weighted by atomic mass is 32.2. The van der Waals surface area contributed by atoms with Crippen LogP contribution in [-0.2, 0) is 10.0 Å². The molecule has 0 atom stereocenters. The molecule has 0 aliphatic heterocycles. The van der Waals surface area contributed by atoms with Crippen molar-refractivity contribution in [3.8, 4) is 5.75 Å². The van der Waals surface area contributed by atoms with Gasteiger partial charge in [-0.2, -0.15) is 4.31 Å². The molecule has 0 fully saturated rings. The molecule has 0 aliphatic rings. The number of hydrogen-bond acceptors (Lipinski definition) is 5. The van der Waals surface area contributed by atoms with Gasteiger partial charge in [0.05, 0.1) is 17.7 Å². The predicted molar refractivity (Wildman–Crippen MR) is 132 cm³/mol. The summed E-state index contributed by atoms with van der Waals surface area (Å²) in [6.45, 7) is 4.19. The van der Waals surface area contributed by atoms with E-state index in [0.717, 1.165) is 0 Å². The smallest absolute Gasteiger partial charge is 0.255 e. The summed E-state index contributed by atoms with van der Waals surface area (Å²) < 4.78 is 32.4. The monoisotopic (exact) mass is 481 g/mol. The third kappa shape index (κ3) is 5.62. The SMILES string of the molecule is CCN(CC)S(=O)(=O)c1ccc(OC)c(NC(=O)c2ccc(NC(=O)c3ccccc3)cc2)c1. The summed E-state index contributed by atoms with van der Waals surface area (Å²) in [5.41, 5.74) is 1.63. The molecule has 0 saturated carbocycles. The third-order valence-corrected chi connectivity index (χ3v) is 7.25. The minimum Gasteiger partial charge on any atom is -0.495 e. The number of methoxy groups -OCH3 is 1. The van der Waals surface area contributed by atoms with Crippen LogP contribution in [0.2, 0.25) is 0 Å². The maximum absolute atomic E-state index is 12.9. The highest BCUT2D eigenvalue weighted by Crippen LogP contribution is 2.29. The highest BCUT2D eigenvalue weighted by molar-refractivity contribution is 7.89. The van der Waals surface area contributed by atoms with Gasteiger partial charge >= 0.3 is 0 Å². The van der Waals surface area contributed by atoms with Crippen molar-refractivity contribution in [3.63, 3.8) is 0 Å². The second kappa shape index (κ2) is 11.0. The molecular weight excluding hydrogens is 454 g/mol. The molecule has 0 saturated heterocycles. The van der Waals surface area contributed by atoms with Gasteiger partial charge in [0.15, 0.2) is 0 Å². The second-order valence-electron chi connectivity index (χ2n) is 7.30. The first-order chi connectivity index (χ1) is 16.3. The number of carbonyl (C=O) groups excluding carboxylic acids is 2. The molecule has 9 heteroatoms. The molecule has 0 radical (unpaired) electrons. The van der Waals surface area contributed by atoms with Crippen molar-refractivity contribution >= 4 is 33.2 Å². The molecular formula is C25H27N3O5S. The van der Waals surface area contributed by atoms with Crippen LogP contribution >= 0.6 is 0 Å². The summed E-state index contributed by atoms with van der Waals surface area (Å²) in [4.78, 5) is 25.2. The van der Waals surface area contributed by atoms with E-state index in [1.165, 1.54) is 29.6 Å². The first-order valence-corrected chi connectivity index (χ1v) is 12.2. The normalized spacial score (nSPS) is 11.2. The zero-order valence-corrected chi connectivity index (χ0v) is 20.1. The molecule has 0 bridgehead atoms. The lowest BCUT2D eigenvalue weighted by molar-refractivity contribution is 0.101. The van der Waals surface area contributed by atoms with Crippen LogP contribution in [0, 0.1) is 0 Å². The molecule has 0 heterocycles. The van der Waals surface area contributed by atoms with Crippen molar-refractivity contribution in [1.82, 2.24) is 4.31 Å². The van der Waals surface area contributed by atoms with E-state index >= 15 is 0 Å². The predicted octanol–water partition coefficient (Wildman–Crippen LogP) is 4.23. The zero-order valence-electron chi connectivity index (χ0n) is 19.2. The molecule has 0 unspecified atom stereocenters. The van der Waals surface area contributed by atoms with Gasteiger partial charge < -0.3 is 15.4 Å². The van der Waals surface area contributed by atoms with Gasteiger partial charge in [0.1, 0.15) is 5.75 Å². The molecule has 8 nitrogen and oxygen atoms in total. The Balaban J connectivity index is 1.78. The Hall–Kier alpha value is -3.69. The molecule has 3 aromatic rings. The topological polar surface area (TPSA) is 105 Å². The van der Waals surface area contributed by atoms with Crippen LogP contribution in [0.3, 0.4) is 0 Å². The van der Waals surface area contributed by atoms with Crippen LogP contribution in [0.1, 0.15) is 34.6 Å². The van der Waals surface area contributed by atoms with E-state index in [2.05, 4.69) is 10.6 Å².